The molecule has 0 aliphatic heterocycles. The van der Waals surface area contributed by atoms with Crippen LogP contribution in [0.1, 0.15) is 0 Å². The van der Waals surface area contributed by atoms with E-state index in [-0.39, 0.29) is 29.6 Å². The van der Waals surface area contributed by atoms with Gasteiger partial charge in [-0.05, 0) is 0 Å². The van der Waals surface area contributed by atoms with Crippen molar-refractivity contribution in [3.05, 3.63) is 0 Å². The summed E-state index contributed by atoms with van der Waals surface area (Å²) in [4.78, 5) is 9.61. The van der Waals surface area contributed by atoms with Crippen molar-refractivity contribution in [2.45, 2.75) is 0 Å². The zero-order valence-corrected chi connectivity index (χ0v) is 5.05. The number of carbonyl (C=O) groups is 1. The Morgan fingerprint density at radius 2 is 1.90 bits per heavy atom. The van der Waals surface area contributed by atoms with Gasteiger partial charge < -0.3 is 5.11 Å². The molecule has 0 aliphatic carbocycles. The van der Waals surface area contributed by atoms with E-state index in [4.69, 9.17) is 9.66 Å². The van der Waals surface area contributed by atoms with Crippen LogP contribution in [0.15, 0.2) is 0 Å². The molecule has 6 nitrogen and oxygen atoms in total. The number of rotatable bonds is 3. The molecule has 0 saturated heterocycles. The molecule has 0 aliphatic rings. The van der Waals surface area contributed by atoms with Gasteiger partial charge in [-0.15, -0.1) is 0 Å². The molecular formula is C2H6NNaO5S. The van der Waals surface area contributed by atoms with Crippen LogP contribution in [0.25, 0.3) is 0 Å². The Balaban J connectivity index is 0. The molecular weight excluding hydrogens is 173 g/mol. The zero-order valence-electron chi connectivity index (χ0n) is 4.23. The summed E-state index contributed by atoms with van der Waals surface area (Å²) in [5, 5.41) is 7.84. The van der Waals surface area contributed by atoms with Crippen molar-refractivity contribution in [2.24, 2.45) is 0 Å². The van der Waals surface area contributed by atoms with Gasteiger partial charge in [-0.25, -0.2) is 0 Å². The minimum absolute atomic E-state index is 0. The Bertz CT molecular complexity index is 198. The van der Waals surface area contributed by atoms with Crippen LogP contribution in [0.3, 0.4) is 0 Å². The van der Waals surface area contributed by atoms with Gasteiger partial charge in [0.05, 0.1) is 0 Å². The van der Waals surface area contributed by atoms with E-state index in [0.29, 0.717) is 0 Å². The standard InChI is InChI=1S/C2H5NO5S.Na.H/c4-2(5)1-3-9(6,7)8;;/h3H,1H2,(H,4,5)(H,6,7,8);;. The molecule has 56 valence electrons. The summed E-state index contributed by atoms with van der Waals surface area (Å²) in [5.41, 5.74) is 0. The van der Waals surface area contributed by atoms with Crippen molar-refractivity contribution in [1.29, 1.82) is 0 Å². The maximum atomic E-state index is 9.72. The van der Waals surface area contributed by atoms with Gasteiger partial charge in [-0.3, -0.25) is 9.35 Å². The van der Waals surface area contributed by atoms with Crippen LogP contribution in [0.4, 0.5) is 0 Å². The molecule has 0 saturated carbocycles. The van der Waals surface area contributed by atoms with E-state index in [0.717, 1.165) is 0 Å². The third kappa shape index (κ3) is 11.2. The minimum atomic E-state index is -4.35. The first-order chi connectivity index (χ1) is 3.92. The van der Waals surface area contributed by atoms with Crippen LogP contribution in [0, 0.1) is 0 Å². The molecule has 10 heavy (non-hydrogen) atoms. The van der Waals surface area contributed by atoms with Gasteiger partial charge in [0, 0.05) is 0 Å². The first-order valence-corrected chi connectivity index (χ1v) is 3.29. The summed E-state index contributed by atoms with van der Waals surface area (Å²) < 4.78 is 28.6. The molecule has 0 spiro atoms. The van der Waals surface area contributed by atoms with Gasteiger partial charge in [0.25, 0.3) is 0 Å². The van der Waals surface area contributed by atoms with Crippen molar-refractivity contribution in [3.63, 3.8) is 0 Å². The van der Waals surface area contributed by atoms with Crippen molar-refractivity contribution in [1.82, 2.24) is 4.72 Å². The van der Waals surface area contributed by atoms with Crippen LogP contribution in [-0.4, -0.2) is 60.1 Å². The number of hydrogen-bond acceptors (Lipinski definition) is 3. The summed E-state index contributed by atoms with van der Waals surface area (Å²) in [7, 11) is -4.35. The summed E-state index contributed by atoms with van der Waals surface area (Å²) in [6, 6.07) is 0. The van der Waals surface area contributed by atoms with E-state index in [2.05, 4.69) is 0 Å². The Hall–Kier alpha value is 0.340. The zero-order chi connectivity index (χ0) is 7.49. The number of carboxylic acids is 1. The fraction of sp³-hybridized carbons (Fsp3) is 0.500. The molecule has 0 aromatic rings. The van der Waals surface area contributed by atoms with Crippen LogP contribution in [-0.2, 0) is 15.1 Å². The van der Waals surface area contributed by atoms with E-state index >= 15 is 0 Å². The molecule has 0 atom stereocenters. The molecule has 8 heteroatoms. The fourth-order valence-corrected chi connectivity index (χ4v) is 0.459. The van der Waals surface area contributed by atoms with Gasteiger partial charge in [-0.1, -0.05) is 0 Å². The molecule has 0 aromatic carbocycles. The molecule has 3 N–H and O–H groups in total. The first kappa shape index (κ1) is 13.0. The quantitative estimate of drug-likeness (QED) is 0.337. The number of aliphatic carboxylic acids is 1. The average Bonchev–Trinajstić information content (AvgIpc) is 1.59. The van der Waals surface area contributed by atoms with Gasteiger partial charge in [0.2, 0.25) is 0 Å². The summed E-state index contributed by atoms with van der Waals surface area (Å²) in [5.74, 6) is -1.35. The molecule has 0 aromatic heterocycles. The van der Waals surface area contributed by atoms with E-state index in [9.17, 15) is 13.2 Å². The third-order valence-electron chi connectivity index (χ3n) is 0.406. The second kappa shape index (κ2) is 5.05. The maximum absolute atomic E-state index is 9.72. The topological polar surface area (TPSA) is 104 Å². The first-order valence-electron chi connectivity index (χ1n) is 1.85. The van der Waals surface area contributed by atoms with Crippen LogP contribution in [0.2, 0.25) is 0 Å². The number of nitrogens with one attached hydrogen (secondary N) is 1. The van der Waals surface area contributed by atoms with Gasteiger partial charge in [-0.2, -0.15) is 13.1 Å². The molecule has 0 heterocycles. The summed E-state index contributed by atoms with van der Waals surface area (Å²) >= 11 is 0. The van der Waals surface area contributed by atoms with Gasteiger partial charge >= 0.3 is 45.8 Å². The Morgan fingerprint density at radius 3 is 2.00 bits per heavy atom. The molecule has 0 fully saturated rings. The monoisotopic (exact) mass is 179 g/mol. The Labute approximate surface area is 79.8 Å². The molecule has 0 amide bonds. The van der Waals surface area contributed by atoms with Crippen molar-refractivity contribution >= 4 is 45.8 Å². The summed E-state index contributed by atoms with van der Waals surface area (Å²) in [6.07, 6.45) is 0. The van der Waals surface area contributed by atoms with Crippen LogP contribution < -0.4 is 4.72 Å². The third-order valence-corrected chi connectivity index (χ3v) is 0.915. The van der Waals surface area contributed by atoms with Crippen LogP contribution >= 0.6 is 0 Å². The normalized spacial score (nSPS) is 10.1. The predicted octanol–water partition coefficient (Wildman–Crippen LogP) is -2.19. The Morgan fingerprint density at radius 1 is 1.50 bits per heavy atom. The molecule has 0 radical (unpaired) electrons. The van der Waals surface area contributed by atoms with Gasteiger partial charge in [0.15, 0.2) is 0 Å². The molecule has 0 unspecified atom stereocenters. The second-order valence-corrected chi connectivity index (χ2v) is 2.43. The summed E-state index contributed by atoms with van der Waals surface area (Å²) in [6.45, 7) is -0.807. The van der Waals surface area contributed by atoms with E-state index in [1.165, 1.54) is 4.72 Å². The second-order valence-electron chi connectivity index (χ2n) is 1.19. The van der Waals surface area contributed by atoms with Gasteiger partial charge in [0.1, 0.15) is 6.54 Å². The van der Waals surface area contributed by atoms with Crippen LogP contribution in [0.5, 0.6) is 0 Å². The molecule has 0 bridgehead atoms. The SMILES string of the molecule is O=C(O)CNS(=O)(=O)O.[NaH]. The van der Waals surface area contributed by atoms with E-state index in [1.54, 1.807) is 0 Å². The molecule has 0 rings (SSSR count). The fourth-order valence-electron chi connectivity index (χ4n) is 0.153. The van der Waals surface area contributed by atoms with E-state index in [1.807, 2.05) is 0 Å². The van der Waals surface area contributed by atoms with Crippen molar-refractivity contribution in [3.8, 4) is 0 Å². The van der Waals surface area contributed by atoms with Crippen molar-refractivity contribution in [2.75, 3.05) is 6.54 Å². The number of carboxylic acid groups (broad SMARTS) is 1. The predicted molar refractivity (Wildman–Crippen MR) is 34.3 cm³/mol. The Kier molecular flexibility index (Phi) is 6.55. The average molecular weight is 179 g/mol. The van der Waals surface area contributed by atoms with E-state index < -0.39 is 22.8 Å². The number of hydrogen-bond donors (Lipinski definition) is 3. The van der Waals surface area contributed by atoms with Crippen molar-refractivity contribution < 1.29 is 22.9 Å².